The number of ketones is 1. The van der Waals surface area contributed by atoms with Crippen molar-refractivity contribution in [3.63, 3.8) is 0 Å². The number of phenols is 1. The number of aromatic hydroxyl groups is 1. The van der Waals surface area contributed by atoms with Crippen LogP contribution in [0.3, 0.4) is 0 Å². The van der Waals surface area contributed by atoms with Crippen molar-refractivity contribution in [2.24, 2.45) is 0 Å². The monoisotopic (exact) mass is 507 g/mol. The molecule has 8 heteroatoms. The highest BCUT2D eigenvalue weighted by Crippen LogP contribution is 2.47. The SMILES string of the molecule is CCOC(=O)C1=C(C)NC2=C(C(=O)C[C@H](c3ccc(OC)c(OC)c3)C2)[C@@H]1c1ccc(O)c(OCC)c1. The average molecular weight is 508 g/mol. The predicted octanol–water partition coefficient (Wildman–Crippen LogP) is 4.73. The van der Waals surface area contributed by atoms with Crippen molar-refractivity contribution < 1.29 is 33.6 Å². The number of ether oxygens (including phenoxy) is 4. The molecule has 2 aliphatic rings. The molecule has 196 valence electrons. The largest absolute Gasteiger partial charge is 0.504 e. The second-order valence-electron chi connectivity index (χ2n) is 9.01. The minimum atomic E-state index is -0.644. The summed E-state index contributed by atoms with van der Waals surface area (Å²) in [6.07, 6.45) is 0.856. The maximum absolute atomic E-state index is 13.8. The number of Topliss-reactive ketones (excluding diaryl/α,β-unsaturated/α-hetero) is 1. The van der Waals surface area contributed by atoms with Gasteiger partial charge in [0.15, 0.2) is 28.8 Å². The van der Waals surface area contributed by atoms with Crippen LogP contribution in [0.1, 0.15) is 56.6 Å². The Bertz CT molecular complexity index is 1280. The van der Waals surface area contributed by atoms with Crippen LogP contribution in [-0.4, -0.2) is 44.3 Å². The van der Waals surface area contributed by atoms with Crippen LogP contribution in [0, 0.1) is 0 Å². The first-order valence-corrected chi connectivity index (χ1v) is 12.4. The first kappa shape index (κ1) is 26.1. The fourth-order valence-corrected chi connectivity index (χ4v) is 5.18. The summed E-state index contributed by atoms with van der Waals surface area (Å²) in [6.45, 7) is 5.96. The normalized spacial score (nSPS) is 19.2. The molecular formula is C29H33NO7. The molecule has 4 rings (SSSR count). The Balaban J connectivity index is 1.80. The molecule has 2 aromatic rings. The van der Waals surface area contributed by atoms with Crippen LogP contribution in [0.2, 0.25) is 0 Å². The molecule has 2 aromatic carbocycles. The van der Waals surface area contributed by atoms with Crippen LogP contribution in [0.5, 0.6) is 23.0 Å². The van der Waals surface area contributed by atoms with Gasteiger partial charge in [-0.05, 0) is 68.5 Å². The third-order valence-electron chi connectivity index (χ3n) is 6.82. The average Bonchev–Trinajstić information content (AvgIpc) is 2.88. The molecule has 0 spiro atoms. The highest BCUT2D eigenvalue weighted by atomic mass is 16.5. The number of methoxy groups -OCH3 is 2. The minimum Gasteiger partial charge on any atom is -0.504 e. The standard InChI is InChI=1S/C29H33NO7/c1-6-36-24-15-18(8-10-21(24)31)27-26(29(33)37-7-2)16(3)30-20-12-19(13-22(32)28(20)27)17-9-11-23(34-4)25(14-17)35-5/h8-11,14-15,19,27,30-31H,6-7,12-13H2,1-5H3/t19-,27-/m1/s1. The van der Waals surface area contributed by atoms with E-state index in [4.69, 9.17) is 18.9 Å². The molecule has 8 nitrogen and oxygen atoms in total. The van der Waals surface area contributed by atoms with E-state index in [-0.39, 0.29) is 30.5 Å². The van der Waals surface area contributed by atoms with Gasteiger partial charge in [0.2, 0.25) is 0 Å². The highest BCUT2D eigenvalue weighted by Gasteiger charge is 2.41. The summed E-state index contributed by atoms with van der Waals surface area (Å²) in [5.41, 5.74) is 3.98. The number of carbonyl (C=O) groups excluding carboxylic acids is 2. The van der Waals surface area contributed by atoms with Gasteiger partial charge in [-0.25, -0.2) is 4.79 Å². The summed E-state index contributed by atoms with van der Waals surface area (Å²) < 4.78 is 21.8. The van der Waals surface area contributed by atoms with Crippen LogP contribution in [0.25, 0.3) is 0 Å². The molecule has 0 unspecified atom stereocenters. The number of allylic oxidation sites excluding steroid dienone is 3. The quantitative estimate of drug-likeness (QED) is 0.494. The first-order valence-electron chi connectivity index (χ1n) is 12.4. The van der Waals surface area contributed by atoms with E-state index in [1.54, 1.807) is 33.3 Å². The first-order chi connectivity index (χ1) is 17.8. The van der Waals surface area contributed by atoms with Crippen molar-refractivity contribution in [3.05, 3.63) is 70.1 Å². The zero-order valence-electron chi connectivity index (χ0n) is 21.8. The molecule has 0 amide bonds. The number of nitrogens with one attached hydrogen (secondary N) is 1. The van der Waals surface area contributed by atoms with Gasteiger partial charge in [-0.2, -0.15) is 0 Å². The second-order valence-corrected chi connectivity index (χ2v) is 9.01. The molecular weight excluding hydrogens is 474 g/mol. The zero-order valence-corrected chi connectivity index (χ0v) is 21.8. The van der Waals surface area contributed by atoms with Crippen molar-refractivity contribution in [1.82, 2.24) is 5.32 Å². The molecule has 2 N–H and O–H groups in total. The number of benzene rings is 2. The van der Waals surface area contributed by atoms with Crippen LogP contribution in [0.4, 0.5) is 0 Å². The Hall–Kier alpha value is -3.94. The third-order valence-corrected chi connectivity index (χ3v) is 6.82. The molecule has 37 heavy (non-hydrogen) atoms. The third kappa shape index (κ3) is 5.01. The molecule has 0 radical (unpaired) electrons. The summed E-state index contributed by atoms with van der Waals surface area (Å²) in [6, 6.07) is 10.6. The number of phenolic OH excluding ortho intramolecular Hbond substituents is 1. The van der Waals surface area contributed by atoms with Gasteiger partial charge in [-0.3, -0.25) is 4.79 Å². The minimum absolute atomic E-state index is 0.00406. The van der Waals surface area contributed by atoms with Crippen molar-refractivity contribution >= 4 is 11.8 Å². The van der Waals surface area contributed by atoms with Crippen LogP contribution >= 0.6 is 0 Å². The second kappa shape index (κ2) is 11.0. The van der Waals surface area contributed by atoms with Crippen molar-refractivity contribution in [1.29, 1.82) is 0 Å². The van der Waals surface area contributed by atoms with E-state index in [1.807, 2.05) is 32.0 Å². The fraction of sp³-hybridized carbons (Fsp3) is 0.379. The maximum Gasteiger partial charge on any atom is 0.336 e. The Labute approximate surface area is 216 Å². The highest BCUT2D eigenvalue weighted by molar-refractivity contribution is 6.04. The van der Waals surface area contributed by atoms with Gasteiger partial charge in [-0.15, -0.1) is 0 Å². The summed E-state index contributed by atoms with van der Waals surface area (Å²) in [4.78, 5) is 26.9. The van der Waals surface area contributed by atoms with Gasteiger partial charge in [0.1, 0.15) is 0 Å². The lowest BCUT2D eigenvalue weighted by atomic mass is 9.71. The van der Waals surface area contributed by atoms with Crippen LogP contribution in [0.15, 0.2) is 58.9 Å². The van der Waals surface area contributed by atoms with Crippen LogP contribution in [-0.2, 0) is 14.3 Å². The van der Waals surface area contributed by atoms with Gasteiger partial charge >= 0.3 is 5.97 Å². The van der Waals surface area contributed by atoms with Gasteiger partial charge in [0, 0.05) is 29.3 Å². The Morgan fingerprint density at radius 1 is 0.973 bits per heavy atom. The van der Waals surface area contributed by atoms with Gasteiger partial charge in [0.25, 0.3) is 0 Å². The lowest BCUT2D eigenvalue weighted by Gasteiger charge is -2.37. The molecule has 0 bridgehead atoms. The van der Waals surface area contributed by atoms with E-state index >= 15 is 0 Å². The number of rotatable bonds is 8. The number of carbonyl (C=O) groups is 2. The smallest absolute Gasteiger partial charge is 0.336 e. The Morgan fingerprint density at radius 2 is 1.68 bits per heavy atom. The summed E-state index contributed by atoms with van der Waals surface area (Å²) in [5, 5.41) is 13.6. The van der Waals surface area contributed by atoms with Crippen molar-refractivity contribution in [2.45, 2.75) is 45.4 Å². The van der Waals surface area contributed by atoms with Gasteiger partial charge < -0.3 is 29.4 Å². The van der Waals surface area contributed by atoms with E-state index in [0.29, 0.717) is 52.7 Å². The molecule has 1 heterocycles. The summed E-state index contributed by atoms with van der Waals surface area (Å²) in [5.74, 6) is 0.269. The summed E-state index contributed by atoms with van der Waals surface area (Å²) >= 11 is 0. The van der Waals surface area contributed by atoms with E-state index in [2.05, 4.69) is 5.32 Å². The molecule has 0 saturated heterocycles. The fourth-order valence-electron chi connectivity index (χ4n) is 5.18. The number of hydrogen-bond acceptors (Lipinski definition) is 8. The number of hydrogen-bond donors (Lipinski definition) is 2. The van der Waals surface area contributed by atoms with Crippen molar-refractivity contribution in [2.75, 3.05) is 27.4 Å². The lowest BCUT2D eigenvalue weighted by Crippen LogP contribution is -2.36. The topological polar surface area (TPSA) is 103 Å². The predicted molar refractivity (Wildman–Crippen MR) is 138 cm³/mol. The van der Waals surface area contributed by atoms with E-state index in [1.165, 1.54) is 6.07 Å². The molecule has 0 fully saturated rings. The van der Waals surface area contributed by atoms with Crippen molar-refractivity contribution in [3.8, 4) is 23.0 Å². The Kier molecular flexibility index (Phi) is 7.76. The zero-order chi connectivity index (χ0) is 26.7. The molecule has 1 aliphatic heterocycles. The van der Waals surface area contributed by atoms with Crippen LogP contribution < -0.4 is 19.5 Å². The van der Waals surface area contributed by atoms with E-state index in [9.17, 15) is 14.7 Å². The molecule has 0 saturated carbocycles. The maximum atomic E-state index is 13.8. The van der Waals surface area contributed by atoms with Gasteiger partial charge in [-0.1, -0.05) is 12.1 Å². The molecule has 1 aliphatic carbocycles. The number of esters is 1. The summed E-state index contributed by atoms with van der Waals surface area (Å²) in [7, 11) is 3.17. The molecule has 0 aromatic heterocycles. The molecule has 2 atom stereocenters. The Morgan fingerprint density at radius 3 is 2.35 bits per heavy atom. The number of dihydropyridines is 1. The van der Waals surface area contributed by atoms with E-state index < -0.39 is 11.9 Å². The lowest BCUT2D eigenvalue weighted by molar-refractivity contribution is -0.138. The van der Waals surface area contributed by atoms with E-state index in [0.717, 1.165) is 11.3 Å². The van der Waals surface area contributed by atoms with Gasteiger partial charge in [0.05, 0.1) is 33.0 Å².